The van der Waals surface area contributed by atoms with Gasteiger partial charge in [-0.1, -0.05) is 0 Å². The normalized spacial score (nSPS) is 34.9. The molecule has 0 saturated heterocycles. The molecular weight excluding hydrogens is 381 g/mol. The topological polar surface area (TPSA) is 29.1 Å². The van der Waals surface area contributed by atoms with E-state index in [0.717, 1.165) is 19.3 Å². The summed E-state index contributed by atoms with van der Waals surface area (Å²) < 4.78 is 117. The zero-order valence-electron chi connectivity index (χ0n) is 13.3. The van der Waals surface area contributed by atoms with E-state index in [-0.39, 0.29) is 37.0 Å². The lowest BCUT2D eigenvalue weighted by molar-refractivity contribution is -0.388. The molecule has 4 aliphatic rings. The number of hydrogen-bond donors (Lipinski definition) is 1. The van der Waals surface area contributed by atoms with Gasteiger partial charge in [0.1, 0.15) is 0 Å². The van der Waals surface area contributed by atoms with Gasteiger partial charge in [0, 0.05) is 5.54 Å². The van der Waals surface area contributed by atoms with Crippen molar-refractivity contribution in [3.63, 3.8) is 0 Å². The lowest BCUT2D eigenvalue weighted by Gasteiger charge is -2.57. The first kappa shape index (κ1) is 19.6. The summed E-state index contributed by atoms with van der Waals surface area (Å²) in [4.78, 5) is 11.7. The van der Waals surface area contributed by atoms with Crippen LogP contribution in [0, 0.1) is 17.8 Å². The van der Waals surface area contributed by atoms with Crippen molar-refractivity contribution in [3.05, 3.63) is 0 Å². The Kier molecular flexibility index (Phi) is 4.10. The Bertz CT molecular complexity index is 563. The summed E-state index contributed by atoms with van der Waals surface area (Å²) in [6, 6.07) is 0. The lowest BCUT2D eigenvalue weighted by atomic mass is 9.53. The van der Waals surface area contributed by atoms with Crippen molar-refractivity contribution in [2.45, 2.75) is 68.0 Å². The van der Waals surface area contributed by atoms with Crippen LogP contribution >= 0.6 is 0 Å². The molecule has 0 aliphatic heterocycles. The van der Waals surface area contributed by atoms with Crippen LogP contribution in [0.1, 0.15) is 38.5 Å². The first-order valence-corrected chi connectivity index (χ1v) is 8.14. The van der Waals surface area contributed by atoms with Crippen LogP contribution in [0.25, 0.3) is 0 Å². The fraction of sp³-hybridized carbons (Fsp3) is 0.933. The maximum Gasteiger partial charge on any atom is 0.460 e. The van der Waals surface area contributed by atoms with E-state index in [0.29, 0.717) is 0 Å². The summed E-state index contributed by atoms with van der Waals surface area (Å²) in [5.74, 6) is -22.7. The monoisotopic (exact) mass is 397 g/mol. The molecule has 26 heavy (non-hydrogen) atoms. The van der Waals surface area contributed by atoms with Crippen LogP contribution in [-0.4, -0.2) is 35.4 Å². The summed E-state index contributed by atoms with van der Waals surface area (Å²) in [5, 5.41) is 1.72. The van der Waals surface area contributed by atoms with Crippen molar-refractivity contribution in [3.8, 4) is 0 Å². The molecule has 0 aromatic heterocycles. The van der Waals surface area contributed by atoms with Gasteiger partial charge in [-0.05, 0) is 56.3 Å². The zero-order chi connectivity index (χ0) is 19.8. The smallest absolute Gasteiger partial charge is 0.345 e. The fourth-order valence-corrected chi connectivity index (χ4v) is 5.10. The second-order valence-corrected chi connectivity index (χ2v) is 7.87. The van der Waals surface area contributed by atoms with Crippen LogP contribution in [0.3, 0.4) is 0 Å². The number of nitrogens with one attached hydrogen (secondary N) is 1. The Hall–Kier alpha value is -1.16. The van der Waals surface area contributed by atoms with E-state index in [4.69, 9.17) is 0 Å². The summed E-state index contributed by atoms with van der Waals surface area (Å²) in [5.41, 5.74) is -1.24. The molecule has 150 valence electrons. The van der Waals surface area contributed by atoms with Crippen molar-refractivity contribution >= 4 is 5.91 Å². The maximum absolute atomic E-state index is 13.8. The van der Waals surface area contributed by atoms with Crippen LogP contribution in [0.15, 0.2) is 0 Å². The number of hydrogen-bond acceptors (Lipinski definition) is 1. The molecule has 0 heterocycles. The molecule has 0 aromatic rings. The number of halogens is 9. The van der Waals surface area contributed by atoms with E-state index in [1.165, 1.54) is 0 Å². The second-order valence-electron chi connectivity index (χ2n) is 7.87. The molecule has 0 unspecified atom stereocenters. The molecule has 4 saturated carbocycles. The van der Waals surface area contributed by atoms with Crippen LogP contribution < -0.4 is 5.32 Å². The number of amides is 1. The highest BCUT2D eigenvalue weighted by atomic mass is 19.4. The molecule has 1 amide bonds. The Labute approximate surface area is 142 Å². The van der Waals surface area contributed by atoms with E-state index < -0.39 is 35.4 Å². The quantitative estimate of drug-likeness (QED) is 0.694. The van der Waals surface area contributed by atoms with E-state index in [1.807, 2.05) is 0 Å². The predicted molar refractivity (Wildman–Crippen MR) is 69.9 cm³/mol. The van der Waals surface area contributed by atoms with Crippen LogP contribution in [0.2, 0.25) is 0 Å². The minimum absolute atomic E-state index is 0.104. The molecule has 4 aliphatic carbocycles. The molecule has 0 radical (unpaired) electrons. The molecule has 2 nitrogen and oxygen atoms in total. The summed E-state index contributed by atoms with van der Waals surface area (Å²) in [6.45, 7) is 0. The Morgan fingerprint density at radius 2 is 1.12 bits per heavy atom. The number of carbonyl (C=O) groups is 1. The molecule has 11 heteroatoms. The highest BCUT2D eigenvalue weighted by Crippen LogP contribution is 2.57. The average molecular weight is 397 g/mol. The fourth-order valence-electron chi connectivity index (χ4n) is 5.10. The van der Waals surface area contributed by atoms with Crippen molar-refractivity contribution in [2.75, 3.05) is 0 Å². The largest absolute Gasteiger partial charge is 0.460 e. The van der Waals surface area contributed by atoms with Crippen molar-refractivity contribution in [1.29, 1.82) is 0 Å². The van der Waals surface area contributed by atoms with Gasteiger partial charge in [-0.15, -0.1) is 0 Å². The number of carbonyl (C=O) groups excluding carboxylic acids is 1. The van der Waals surface area contributed by atoms with Gasteiger partial charge in [0.05, 0.1) is 0 Å². The predicted octanol–water partition coefficient (Wildman–Crippen LogP) is 4.54. The average Bonchev–Trinajstić information content (AvgIpc) is 2.43. The van der Waals surface area contributed by atoms with Crippen molar-refractivity contribution in [2.24, 2.45) is 17.8 Å². The van der Waals surface area contributed by atoms with Gasteiger partial charge in [-0.25, -0.2) is 0 Å². The third-order valence-corrected chi connectivity index (χ3v) is 5.85. The molecule has 0 atom stereocenters. The highest BCUT2D eigenvalue weighted by Gasteiger charge is 2.84. The molecule has 1 N–H and O–H groups in total. The molecule has 4 fully saturated rings. The summed E-state index contributed by atoms with van der Waals surface area (Å²) in [6.07, 6.45) is -3.78. The molecule has 4 rings (SSSR count). The summed E-state index contributed by atoms with van der Waals surface area (Å²) in [7, 11) is 0. The number of rotatable bonds is 4. The van der Waals surface area contributed by atoms with Gasteiger partial charge in [0.15, 0.2) is 0 Å². The summed E-state index contributed by atoms with van der Waals surface area (Å²) >= 11 is 0. The minimum Gasteiger partial charge on any atom is -0.345 e. The first-order chi connectivity index (χ1) is 11.6. The Morgan fingerprint density at radius 3 is 1.46 bits per heavy atom. The van der Waals surface area contributed by atoms with Crippen LogP contribution in [0.4, 0.5) is 39.5 Å². The van der Waals surface area contributed by atoms with E-state index in [9.17, 15) is 44.3 Å². The van der Waals surface area contributed by atoms with Gasteiger partial charge in [-0.3, -0.25) is 4.79 Å². The van der Waals surface area contributed by atoms with E-state index >= 15 is 0 Å². The first-order valence-electron chi connectivity index (χ1n) is 8.14. The van der Waals surface area contributed by atoms with Gasteiger partial charge < -0.3 is 5.32 Å². The van der Waals surface area contributed by atoms with Gasteiger partial charge in [0.25, 0.3) is 5.91 Å². The molecular formula is C15H16F9NO. The number of alkyl halides is 9. The standard InChI is InChI=1S/C15H16F9NO/c16-12(17,13(18,19)14(20,21)15(22,23)24)10(26)25-11-4-7-1-8(5-11)3-9(2-7)6-11/h7-9H,1-6H2,(H,25,26). The minimum atomic E-state index is -7.05. The third-order valence-electron chi connectivity index (χ3n) is 5.85. The van der Waals surface area contributed by atoms with E-state index in [1.54, 1.807) is 5.32 Å². The zero-order valence-corrected chi connectivity index (χ0v) is 13.3. The molecule has 4 bridgehead atoms. The SMILES string of the molecule is O=C(NC12CC3CC(CC(C3)C1)C2)C(F)(F)C(F)(F)C(F)(F)C(F)(F)F. The van der Waals surface area contributed by atoms with Gasteiger partial charge in [0.2, 0.25) is 0 Å². The van der Waals surface area contributed by atoms with Crippen molar-refractivity contribution in [1.82, 2.24) is 5.32 Å². The maximum atomic E-state index is 13.8. The lowest BCUT2D eigenvalue weighted by Crippen LogP contribution is -2.69. The Morgan fingerprint density at radius 1 is 0.731 bits per heavy atom. The second kappa shape index (κ2) is 5.43. The van der Waals surface area contributed by atoms with Crippen LogP contribution in [-0.2, 0) is 4.79 Å². The Balaban J connectivity index is 1.82. The molecule has 0 aromatic carbocycles. The van der Waals surface area contributed by atoms with Crippen LogP contribution in [0.5, 0.6) is 0 Å². The highest BCUT2D eigenvalue weighted by molar-refractivity contribution is 5.85. The van der Waals surface area contributed by atoms with E-state index in [2.05, 4.69) is 0 Å². The van der Waals surface area contributed by atoms with Gasteiger partial charge >= 0.3 is 23.9 Å². The van der Waals surface area contributed by atoms with Crippen molar-refractivity contribution < 1.29 is 44.3 Å². The van der Waals surface area contributed by atoms with Gasteiger partial charge in [-0.2, -0.15) is 39.5 Å². The third kappa shape index (κ3) is 2.67. The molecule has 0 spiro atoms.